The average molecular weight is 604 g/mol. The Morgan fingerprint density at radius 1 is 1.09 bits per heavy atom. The lowest BCUT2D eigenvalue weighted by molar-refractivity contribution is -0.154. The second kappa shape index (κ2) is 16.0. The largest absolute Gasteiger partial charge is 0.497 e. The predicted molar refractivity (Wildman–Crippen MR) is 158 cm³/mol. The number of hydrogen-bond acceptors (Lipinski definition) is 9. The molecule has 0 radical (unpaired) electrons. The van der Waals surface area contributed by atoms with Crippen molar-refractivity contribution in [1.82, 2.24) is 20.4 Å². The Morgan fingerprint density at radius 2 is 1.72 bits per heavy atom. The smallest absolute Gasteiger partial charge is 0.323 e. The molecular formula is C30H45N5O8. The van der Waals surface area contributed by atoms with Gasteiger partial charge in [0.05, 0.1) is 7.11 Å². The number of esters is 1. The number of rotatable bonds is 15. The van der Waals surface area contributed by atoms with Crippen LogP contribution in [-0.4, -0.2) is 103 Å². The molecule has 0 saturated carbocycles. The Morgan fingerprint density at radius 3 is 2.23 bits per heavy atom. The number of amides is 4. The number of nitrogens with zero attached hydrogens (tertiary/aromatic N) is 2. The number of nitrogens with two attached hydrogens (primary N) is 1. The highest BCUT2D eigenvalue weighted by Gasteiger charge is 2.41. The van der Waals surface area contributed by atoms with Gasteiger partial charge in [-0.25, -0.2) is 0 Å². The van der Waals surface area contributed by atoms with Crippen LogP contribution in [-0.2, 0) is 39.9 Å². The Labute approximate surface area is 252 Å². The number of nitrogens with one attached hydrogen (secondary N) is 2. The van der Waals surface area contributed by atoms with E-state index in [1.165, 1.54) is 23.8 Å². The monoisotopic (exact) mass is 603 g/mol. The molecule has 1 fully saturated rings. The number of likely N-dealkylation sites (N-methyl/N-ethyl adjacent to an activating group) is 2. The van der Waals surface area contributed by atoms with E-state index in [1.807, 2.05) is 26.0 Å². The summed E-state index contributed by atoms with van der Waals surface area (Å²) in [5.41, 5.74) is 6.46. The molecule has 0 spiro atoms. The number of carbonyl (C=O) groups excluding carboxylic acids is 6. The molecule has 1 aromatic rings. The van der Waals surface area contributed by atoms with E-state index in [1.54, 1.807) is 26.3 Å². The summed E-state index contributed by atoms with van der Waals surface area (Å²) in [5, 5.41) is 5.47. The summed E-state index contributed by atoms with van der Waals surface area (Å²) in [6, 6.07) is 3.16. The van der Waals surface area contributed by atoms with Crippen LogP contribution in [0.5, 0.6) is 5.75 Å². The molecule has 0 unspecified atom stereocenters. The second-order valence-electron chi connectivity index (χ2n) is 11.2. The lowest BCUT2D eigenvalue weighted by atomic mass is 10.00. The van der Waals surface area contributed by atoms with Crippen molar-refractivity contribution in [3.8, 4) is 5.75 Å². The van der Waals surface area contributed by atoms with Gasteiger partial charge in [-0.2, -0.15) is 0 Å². The normalized spacial score (nSPS) is 17.4. The molecule has 1 aromatic carbocycles. The first-order chi connectivity index (χ1) is 20.2. The van der Waals surface area contributed by atoms with Crippen LogP contribution in [0.4, 0.5) is 0 Å². The summed E-state index contributed by atoms with van der Waals surface area (Å²) < 4.78 is 10.7. The zero-order chi connectivity index (χ0) is 32.4. The van der Waals surface area contributed by atoms with Crippen LogP contribution in [0.1, 0.15) is 52.5 Å². The van der Waals surface area contributed by atoms with E-state index in [0.717, 1.165) is 12.5 Å². The lowest BCUT2D eigenvalue weighted by Crippen LogP contribution is -2.59. The van der Waals surface area contributed by atoms with Crippen LogP contribution in [0.25, 0.3) is 0 Å². The maximum Gasteiger partial charge on any atom is 0.323 e. The molecular weight excluding hydrogens is 558 g/mol. The van der Waals surface area contributed by atoms with Gasteiger partial charge in [0.25, 0.3) is 5.91 Å². The summed E-state index contributed by atoms with van der Waals surface area (Å²) in [6.07, 6.45) is 0.319. The van der Waals surface area contributed by atoms with Crippen LogP contribution in [0, 0.1) is 5.92 Å². The minimum atomic E-state index is -1.38. The summed E-state index contributed by atoms with van der Waals surface area (Å²) >= 11 is 0. The van der Waals surface area contributed by atoms with Gasteiger partial charge in [-0.1, -0.05) is 26.0 Å². The highest BCUT2D eigenvalue weighted by Crippen LogP contribution is 2.22. The van der Waals surface area contributed by atoms with E-state index in [2.05, 4.69) is 10.6 Å². The van der Waals surface area contributed by atoms with Crippen molar-refractivity contribution in [2.75, 3.05) is 27.7 Å². The second-order valence-corrected chi connectivity index (χ2v) is 11.2. The Balaban J connectivity index is 2.16. The zero-order valence-electron chi connectivity index (χ0n) is 26.0. The fourth-order valence-electron chi connectivity index (χ4n) is 5.05. The third-order valence-corrected chi connectivity index (χ3v) is 7.52. The van der Waals surface area contributed by atoms with E-state index >= 15 is 0 Å². The van der Waals surface area contributed by atoms with Crippen LogP contribution in [0.2, 0.25) is 0 Å². The van der Waals surface area contributed by atoms with Gasteiger partial charge in [0.2, 0.25) is 23.5 Å². The minimum absolute atomic E-state index is 0.0267. The number of likely N-dealkylation sites (tertiary alicyclic amines) is 1. The third kappa shape index (κ3) is 9.50. The van der Waals surface area contributed by atoms with Crippen LogP contribution < -0.4 is 21.1 Å². The van der Waals surface area contributed by atoms with Gasteiger partial charge in [0.1, 0.15) is 36.0 Å². The standard InChI is InChI=1S/C30H45N5O8/c1-17(2)15-24(34(6)29(40)23-9-8-14-35(23)28(39)18(3)36)27(38)33-25(26(31)37)19(4)43-30(41)22(32-5)16-20-10-12-21(42-7)13-11-20/h10-13,17,19,22-25,32H,8-9,14-16H2,1-7H3,(H2,31,37)(H,33,38)/t19-,22+,23+,24-,25+/m1/s1. The summed E-state index contributed by atoms with van der Waals surface area (Å²) in [4.78, 5) is 79.0. The van der Waals surface area contributed by atoms with Crippen molar-refractivity contribution >= 4 is 35.4 Å². The molecule has 4 N–H and O–H groups in total. The Bertz CT molecular complexity index is 1170. The highest BCUT2D eigenvalue weighted by molar-refractivity contribution is 6.35. The molecule has 0 bridgehead atoms. The van der Waals surface area contributed by atoms with Gasteiger partial charge in [0, 0.05) is 20.5 Å². The summed E-state index contributed by atoms with van der Waals surface area (Å²) in [6.45, 7) is 6.61. The number of hydrogen-bond donors (Lipinski definition) is 3. The number of ether oxygens (including phenoxy) is 2. The number of Topliss-reactive ketones (excluding diaryl/α,β-unsaturated/α-hetero) is 1. The van der Waals surface area contributed by atoms with Crippen molar-refractivity contribution in [2.45, 2.75) is 83.6 Å². The van der Waals surface area contributed by atoms with Crippen LogP contribution in [0.3, 0.4) is 0 Å². The molecule has 0 aliphatic carbocycles. The van der Waals surface area contributed by atoms with E-state index in [-0.39, 0.29) is 18.9 Å². The Hall–Kier alpha value is -4.00. The molecule has 43 heavy (non-hydrogen) atoms. The molecule has 13 nitrogen and oxygen atoms in total. The number of primary amides is 1. The summed E-state index contributed by atoms with van der Waals surface area (Å²) in [7, 11) is 4.61. The fourth-order valence-corrected chi connectivity index (χ4v) is 5.05. The van der Waals surface area contributed by atoms with Crippen molar-refractivity contribution in [3.05, 3.63) is 29.8 Å². The molecule has 5 atom stereocenters. The number of ketones is 1. The van der Waals surface area contributed by atoms with Crippen molar-refractivity contribution < 1.29 is 38.2 Å². The molecule has 0 aromatic heterocycles. The number of carbonyl (C=O) groups is 6. The van der Waals surface area contributed by atoms with E-state index in [9.17, 15) is 28.8 Å². The van der Waals surface area contributed by atoms with Gasteiger partial charge < -0.3 is 35.6 Å². The molecule has 238 valence electrons. The molecule has 1 heterocycles. The van der Waals surface area contributed by atoms with Gasteiger partial charge in [-0.15, -0.1) is 0 Å². The van der Waals surface area contributed by atoms with Crippen molar-refractivity contribution in [3.63, 3.8) is 0 Å². The SMILES string of the molecule is CN[C@@H](Cc1ccc(OC)cc1)C(=O)O[C@H](C)[C@H](NC(=O)[C@@H](CC(C)C)N(C)C(=O)[C@@H]1CCCN1C(=O)C(C)=O)C(N)=O. The van der Waals surface area contributed by atoms with Gasteiger partial charge in [0.15, 0.2) is 0 Å². The highest BCUT2D eigenvalue weighted by atomic mass is 16.5. The third-order valence-electron chi connectivity index (χ3n) is 7.52. The van der Waals surface area contributed by atoms with Gasteiger partial charge >= 0.3 is 5.97 Å². The first-order valence-corrected chi connectivity index (χ1v) is 14.4. The maximum atomic E-state index is 13.5. The topological polar surface area (TPSA) is 177 Å². The quantitative estimate of drug-likeness (QED) is 0.186. The van der Waals surface area contributed by atoms with Gasteiger partial charge in [-0.3, -0.25) is 28.8 Å². The zero-order valence-corrected chi connectivity index (χ0v) is 26.0. The number of benzene rings is 1. The number of methoxy groups -OCH3 is 1. The van der Waals surface area contributed by atoms with Crippen molar-refractivity contribution in [2.24, 2.45) is 11.7 Å². The van der Waals surface area contributed by atoms with E-state index in [4.69, 9.17) is 15.2 Å². The Kier molecular flexibility index (Phi) is 13.1. The molecule has 1 saturated heterocycles. The first-order valence-electron chi connectivity index (χ1n) is 14.4. The predicted octanol–water partition coefficient (Wildman–Crippen LogP) is 0.181. The molecule has 13 heteroatoms. The molecule has 4 amide bonds. The van der Waals surface area contributed by atoms with Crippen molar-refractivity contribution in [1.29, 1.82) is 0 Å². The van der Waals surface area contributed by atoms with E-state index < -0.39 is 65.7 Å². The molecule has 1 aliphatic rings. The summed E-state index contributed by atoms with van der Waals surface area (Å²) in [5.74, 6) is -3.48. The van der Waals surface area contributed by atoms with Crippen LogP contribution >= 0.6 is 0 Å². The maximum absolute atomic E-state index is 13.5. The van der Waals surface area contributed by atoms with E-state index in [0.29, 0.717) is 25.0 Å². The minimum Gasteiger partial charge on any atom is -0.497 e. The fraction of sp³-hybridized carbons (Fsp3) is 0.600. The molecule has 1 aliphatic heterocycles. The first kappa shape index (κ1) is 35.2. The van der Waals surface area contributed by atoms with Crippen LogP contribution in [0.15, 0.2) is 24.3 Å². The lowest BCUT2D eigenvalue weighted by Gasteiger charge is -2.34. The molecule has 2 rings (SSSR count). The van der Waals surface area contributed by atoms with Gasteiger partial charge in [-0.05, 0) is 63.3 Å². The average Bonchev–Trinajstić information content (AvgIpc) is 3.45.